The Balaban J connectivity index is 1.34. The second-order valence-electron chi connectivity index (χ2n) is 5.91. The maximum absolute atomic E-state index is 11.9. The van der Waals surface area contributed by atoms with Gasteiger partial charge in [0.2, 0.25) is 17.6 Å². The van der Waals surface area contributed by atoms with Gasteiger partial charge in [-0.25, -0.2) is 4.79 Å². The third-order valence-electron chi connectivity index (χ3n) is 3.96. The minimum absolute atomic E-state index is 0.0655. The van der Waals surface area contributed by atoms with Gasteiger partial charge in [-0.1, -0.05) is 5.16 Å². The van der Waals surface area contributed by atoms with Crippen LogP contribution in [0.2, 0.25) is 0 Å². The smallest absolute Gasteiger partial charge is 0.409 e. The topological polar surface area (TPSA) is 110 Å². The van der Waals surface area contributed by atoms with Crippen LogP contribution in [0, 0.1) is 0 Å². The van der Waals surface area contributed by atoms with Crippen molar-refractivity contribution in [1.29, 1.82) is 0 Å². The molecular formula is C17H21N5O4. The Hall–Kier alpha value is -2.97. The van der Waals surface area contributed by atoms with Crippen LogP contribution >= 0.6 is 0 Å². The molecule has 1 fully saturated rings. The molecule has 1 saturated heterocycles. The molecule has 0 saturated carbocycles. The van der Waals surface area contributed by atoms with Gasteiger partial charge in [0.25, 0.3) is 0 Å². The molecule has 2 aromatic rings. The Morgan fingerprint density at radius 3 is 2.96 bits per heavy atom. The first-order valence-electron chi connectivity index (χ1n) is 8.64. The molecule has 0 atom stereocenters. The van der Waals surface area contributed by atoms with E-state index in [9.17, 15) is 9.59 Å². The summed E-state index contributed by atoms with van der Waals surface area (Å²) in [5.74, 6) is 0.949. The first-order chi connectivity index (χ1) is 12.7. The van der Waals surface area contributed by atoms with E-state index in [0.29, 0.717) is 57.2 Å². The van der Waals surface area contributed by atoms with Crippen molar-refractivity contribution in [2.24, 2.45) is 0 Å². The fourth-order valence-electron chi connectivity index (χ4n) is 2.59. The average Bonchev–Trinajstić information content (AvgIpc) is 3.13. The fourth-order valence-corrected chi connectivity index (χ4v) is 2.59. The Morgan fingerprint density at radius 1 is 1.31 bits per heavy atom. The van der Waals surface area contributed by atoms with Gasteiger partial charge in [0, 0.05) is 50.4 Å². The lowest BCUT2D eigenvalue weighted by Crippen LogP contribution is -2.42. The quantitative estimate of drug-likeness (QED) is 0.758. The molecule has 1 N–H and O–H groups in total. The SMILES string of the molecule is O=C(CCCc1nc(-c2ccncc2)no1)NCCN1CCCOC1=O. The lowest BCUT2D eigenvalue weighted by atomic mass is 10.2. The Bertz CT molecular complexity index is 734. The number of aryl methyl sites for hydroxylation is 1. The summed E-state index contributed by atoms with van der Waals surface area (Å²) in [5, 5.41) is 6.73. The molecule has 0 aromatic carbocycles. The summed E-state index contributed by atoms with van der Waals surface area (Å²) in [6.07, 6.45) is 5.34. The van der Waals surface area contributed by atoms with Crippen LogP contribution in [0.5, 0.6) is 0 Å². The van der Waals surface area contributed by atoms with E-state index in [1.165, 1.54) is 0 Å². The molecule has 2 aromatic heterocycles. The second-order valence-corrected chi connectivity index (χ2v) is 5.91. The summed E-state index contributed by atoms with van der Waals surface area (Å²) in [7, 11) is 0. The van der Waals surface area contributed by atoms with Gasteiger partial charge in [-0.15, -0.1) is 0 Å². The predicted molar refractivity (Wildman–Crippen MR) is 91.0 cm³/mol. The van der Waals surface area contributed by atoms with E-state index in [1.807, 2.05) is 0 Å². The lowest BCUT2D eigenvalue weighted by Gasteiger charge is -2.26. The van der Waals surface area contributed by atoms with E-state index in [0.717, 1.165) is 12.0 Å². The van der Waals surface area contributed by atoms with E-state index >= 15 is 0 Å². The van der Waals surface area contributed by atoms with E-state index in [4.69, 9.17) is 9.26 Å². The zero-order chi connectivity index (χ0) is 18.2. The van der Waals surface area contributed by atoms with E-state index in [-0.39, 0.29) is 12.0 Å². The first-order valence-corrected chi connectivity index (χ1v) is 8.64. The van der Waals surface area contributed by atoms with Gasteiger partial charge in [0.05, 0.1) is 6.61 Å². The molecule has 26 heavy (non-hydrogen) atoms. The summed E-state index contributed by atoms with van der Waals surface area (Å²) in [4.78, 5) is 33.2. The predicted octanol–water partition coefficient (Wildman–Crippen LogP) is 1.41. The highest BCUT2D eigenvalue weighted by molar-refractivity contribution is 5.76. The minimum Gasteiger partial charge on any atom is -0.449 e. The van der Waals surface area contributed by atoms with Gasteiger partial charge >= 0.3 is 6.09 Å². The molecule has 1 aliphatic rings. The molecule has 0 unspecified atom stereocenters. The number of cyclic esters (lactones) is 1. The van der Waals surface area contributed by atoms with Crippen LogP contribution in [-0.2, 0) is 16.0 Å². The van der Waals surface area contributed by atoms with Crippen molar-refractivity contribution in [1.82, 2.24) is 25.3 Å². The summed E-state index contributed by atoms with van der Waals surface area (Å²) < 4.78 is 10.1. The zero-order valence-electron chi connectivity index (χ0n) is 14.4. The number of nitrogens with zero attached hydrogens (tertiary/aromatic N) is 4. The fraction of sp³-hybridized carbons (Fsp3) is 0.471. The van der Waals surface area contributed by atoms with E-state index in [2.05, 4.69) is 20.4 Å². The average molecular weight is 359 g/mol. The Kier molecular flexibility index (Phi) is 6.13. The highest BCUT2D eigenvalue weighted by Gasteiger charge is 2.18. The van der Waals surface area contributed by atoms with Crippen LogP contribution in [0.15, 0.2) is 29.0 Å². The van der Waals surface area contributed by atoms with Crippen molar-refractivity contribution >= 4 is 12.0 Å². The highest BCUT2D eigenvalue weighted by atomic mass is 16.6. The molecule has 0 aliphatic carbocycles. The van der Waals surface area contributed by atoms with Crippen molar-refractivity contribution in [3.8, 4) is 11.4 Å². The van der Waals surface area contributed by atoms with Crippen molar-refractivity contribution in [2.75, 3.05) is 26.2 Å². The van der Waals surface area contributed by atoms with Crippen molar-refractivity contribution in [2.45, 2.75) is 25.7 Å². The first kappa shape index (κ1) is 17.8. The zero-order valence-corrected chi connectivity index (χ0v) is 14.4. The van der Waals surface area contributed by atoms with Crippen LogP contribution in [0.3, 0.4) is 0 Å². The van der Waals surface area contributed by atoms with Crippen LogP contribution in [-0.4, -0.2) is 58.3 Å². The number of carbonyl (C=O) groups excluding carboxylic acids is 2. The standard InChI is InChI=1S/C17H21N5O4/c23-14(19-9-11-22-10-2-12-25-17(22)24)3-1-4-15-20-16(21-26-15)13-5-7-18-8-6-13/h5-8H,1-4,9-12H2,(H,19,23). The maximum Gasteiger partial charge on any atom is 0.409 e. The molecule has 0 spiro atoms. The molecule has 138 valence electrons. The van der Waals surface area contributed by atoms with Crippen LogP contribution in [0.1, 0.15) is 25.2 Å². The Morgan fingerprint density at radius 2 is 2.15 bits per heavy atom. The molecule has 2 amide bonds. The number of ether oxygens (including phenoxy) is 1. The molecule has 9 nitrogen and oxygen atoms in total. The third kappa shape index (κ3) is 5.01. The van der Waals surface area contributed by atoms with Gasteiger partial charge < -0.3 is 19.5 Å². The molecule has 3 rings (SSSR count). The minimum atomic E-state index is -0.313. The molecule has 9 heteroatoms. The summed E-state index contributed by atoms with van der Waals surface area (Å²) in [5.41, 5.74) is 0.837. The van der Waals surface area contributed by atoms with Crippen LogP contribution in [0.25, 0.3) is 11.4 Å². The number of hydrogen-bond acceptors (Lipinski definition) is 7. The maximum atomic E-state index is 11.9. The highest BCUT2D eigenvalue weighted by Crippen LogP contribution is 2.14. The number of hydrogen-bond donors (Lipinski definition) is 1. The largest absolute Gasteiger partial charge is 0.449 e. The van der Waals surface area contributed by atoms with Crippen LogP contribution in [0.4, 0.5) is 4.79 Å². The summed E-state index contributed by atoms with van der Waals surface area (Å²) in [6.45, 7) is 2.02. The van der Waals surface area contributed by atoms with Crippen LogP contribution < -0.4 is 5.32 Å². The van der Waals surface area contributed by atoms with Gasteiger partial charge in [-0.3, -0.25) is 9.78 Å². The van der Waals surface area contributed by atoms with Crippen molar-refractivity contribution in [3.63, 3.8) is 0 Å². The van der Waals surface area contributed by atoms with Gasteiger partial charge in [-0.2, -0.15) is 4.98 Å². The number of rotatable bonds is 8. The molecular weight excluding hydrogens is 338 g/mol. The number of amides is 2. The van der Waals surface area contributed by atoms with Gasteiger partial charge in [0.1, 0.15) is 0 Å². The number of nitrogens with one attached hydrogen (secondary N) is 1. The van der Waals surface area contributed by atoms with Crippen molar-refractivity contribution < 1.29 is 18.8 Å². The molecule has 3 heterocycles. The second kappa shape index (κ2) is 8.93. The molecule has 1 aliphatic heterocycles. The van der Waals surface area contributed by atoms with E-state index in [1.54, 1.807) is 29.4 Å². The van der Waals surface area contributed by atoms with Gasteiger partial charge in [-0.05, 0) is 25.0 Å². The molecule has 0 bridgehead atoms. The lowest BCUT2D eigenvalue weighted by molar-refractivity contribution is -0.121. The number of aromatic nitrogens is 3. The normalized spacial score (nSPS) is 14.2. The van der Waals surface area contributed by atoms with E-state index < -0.39 is 0 Å². The monoisotopic (exact) mass is 359 g/mol. The number of carbonyl (C=O) groups is 2. The third-order valence-corrected chi connectivity index (χ3v) is 3.96. The summed E-state index contributed by atoms with van der Waals surface area (Å²) >= 11 is 0. The molecule has 0 radical (unpaired) electrons. The Labute approximate surface area is 150 Å². The van der Waals surface area contributed by atoms with Crippen molar-refractivity contribution in [3.05, 3.63) is 30.4 Å². The summed E-state index contributed by atoms with van der Waals surface area (Å²) in [6, 6.07) is 3.61. The number of pyridine rings is 1. The van der Waals surface area contributed by atoms with Gasteiger partial charge in [0.15, 0.2) is 0 Å².